The molecule has 62 valence electrons. The number of hydrogen-bond acceptors (Lipinski definition) is 3. The molecule has 0 atom stereocenters. The third kappa shape index (κ3) is 3.89. The molecule has 0 aliphatic heterocycles. The molecule has 0 saturated carbocycles. The normalized spacial score (nSPS) is 8.82. The Bertz CT molecular complexity index is 164. The Labute approximate surface area is 72.4 Å². The highest BCUT2D eigenvalue weighted by molar-refractivity contribution is 7.81. The van der Waals surface area contributed by atoms with E-state index < -0.39 is 0 Å². The fourth-order valence-electron chi connectivity index (χ4n) is 0.744. The largest absolute Gasteiger partial charge is 0.341 e. The smallest absolute Gasteiger partial charge is 0.232 e. The first-order valence-electron chi connectivity index (χ1n) is 3.51. The van der Waals surface area contributed by atoms with Crippen LogP contribution in [0.1, 0.15) is 13.3 Å². The summed E-state index contributed by atoms with van der Waals surface area (Å²) in [6.07, 6.45) is 0.396. The Kier molecular flexibility index (Phi) is 5.67. The van der Waals surface area contributed by atoms with Crippen LogP contribution in [0.25, 0.3) is 0 Å². The maximum atomic E-state index is 11.0. The highest BCUT2D eigenvalue weighted by atomic mass is 32.1. The van der Waals surface area contributed by atoms with Crippen LogP contribution >= 0.6 is 12.6 Å². The standard InChI is InChI=1S/C7H12N2OS/c1-2-9(5-3-4-8)7(10)6-11/h11H,2-3,5-6H2,1H3. The van der Waals surface area contributed by atoms with Gasteiger partial charge in [0, 0.05) is 13.1 Å². The maximum Gasteiger partial charge on any atom is 0.232 e. The first-order chi connectivity index (χ1) is 5.26. The van der Waals surface area contributed by atoms with Crippen molar-refractivity contribution in [2.24, 2.45) is 0 Å². The molecular formula is C7H12N2OS. The van der Waals surface area contributed by atoms with Crippen molar-refractivity contribution < 1.29 is 4.79 Å². The van der Waals surface area contributed by atoms with Gasteiger partial charge in [-0.3, -0.25) is 4.79 Å². The SMILES string of the molecule is CCN(CCC#N)C(=O)CS. The number of hydrogen-bond donors (Lipinski definition) is 1. The molecule has 4 heteroatoms. The molecule has 0 spiro atoms. The van der Waals surface area contributed by atoms with Gasteiger partial charge in [0.25, 0.3) is 0 Å². The van der Waals surface area contributed by atoms with E-state index in [4.69, 9.17) is 5.26 Å². The molecule has 0 N–H and O–H groups in total. The number of nitriles is 1. The molecule has 0 radical (unpaired) electrons. The van der Waals surface area contributed by atoms with E-state index in [0.717, 1.165) is 0 Å². The van der Waals surface area contributed by atoms with E-state index >= 15 is 0 Å². The van der Waals surface area contributed by atoms with Gasteiger partial charge in [0.2, 0.25) is 5.91 Å². The van der Waals surface area contributed by atoms with Gasteiger partial charge in [0.05, 0.1) is 18.2 Å². The molecule has 3 nitrogen and oxygen atoms in total. The molecule has 0 aromatic heterocycles. The Hall–Kier alpha value is -0.690. The summed E-state index contributed by atoms with van der Waals surface area (Å²) in [5.41, 5.74) is 0. The van der Waals surface area contributed by atoms with Gasteiger partial charge < -0.3 is 4.90 Å². The minimum absolute atomic E-state index is 0.00826. The monoisotopic (exact) mass is 172 g/mol. The van der Waals surface area contributed by atoms with Crippen molar-refractivity contribution in [1.29, 1.82) is 5.26 Å². The average Bonchev–Trinajstić information content (AvgIpc) is 2.05. The molecule has 0 aliphatic rings. The highest BCUT2D eigenvalue weighted by Gasteiger charge is 2.07. The fourth-order valence-corrected chi connectivity index (χ4v) is 0.944. The fraction of sp³-hybridized carbons (Fsp3) is 0.714. The molecule has 0 saturated heterocycles. The van der Waals surface area contributed by atoms with Crippen LogP contribution in [0.2, 0.25) is 0 Å². The molecular weight excluding hydrogens is 160 g/mol. The number of thiol groups is 1. The second kappa shape index (κ2) is 6.05. The summed E-state index contributed by atoms with van der Waals surface area (Å²) in [4.78, 5) is 12.6. The Morgan fingerprint density at radius 1 is 1.73 bits per heavy atom. The molecule has 1 amide bonds. The molecule has 0 fully saturated rings. The van der Waals surface area contributed by atoms with Crippen LogP contribution in [-0.2, 0) is 4.79 Å². The summed E-state index contributed by atoms with van der Waals surface area (Å²) >= 11 is 3.86. The van der Waals surface area contributed by atoms with Crippen LogP contribution in [0.15, 0.2) is 0 Å². The lowest BCUT2D eigenvalue weighted by Gasteiger charge is -2.17. The second-order valence-electron chi connectivity index (χ2n) is 2.04. The van der Waals surface area contributed by atoms with E-state index in [0.29, 0.717) is 19.5 Å². The maximum absolute atomic E-state index is 11.0. The number of amides is 1. The first kappa shape index (κ1) is 10.3. The van der Waals surface area contributed by atoms with Crippen LogP contribution in [0.4, 0.5) is 0 Å². The number of rotatable bonds is 4. The zero-order valence-electron chi connectivity index (χ0n) is 6.58. The zero-order valence-corrected chi connectivity index (χ0v) is 7.47. The molecule has 0 bridgehead atoms. The number of carbonyl (C=O) groups is 1. The quantitative estimate of drug-likeness (QED) is 0.634. The zero-order chi connectivity index (χ0) is 8.69. The summed E-state index contributed by atoms with van der Waals surface area (Å²) < 4.78 is 0. The van der Waals surface area contributed by atoms with Crippen molar-refractivity contribution in [1.82, 2.24) is 4.90 Å². The summed E-state index contributed by atoms with van der Waals surface area (Å²) in [6, 6.07) is 1.99. The van der Waals surface area contributed by atoms with Gasteiger partial charge in [-0.1, -0.05) is 0 Å². The van der Waals surface area contributed by atoms with E-state index in [2.05, 4.69) is 12.6 Å². The summed E-state index contributed by atoms with van der Waals surface area (Å²) in [5.74, 6) is 0.213. The van der Waals surface area contributed by atoms with E-state index in [-0.39, 0.29) is 11.7 Å². The Morgan fingerprint density at radius 2 is 2.36 bits per heavy atom. The van der Waals surface area contributed by atoms with Crippen molar-refractivity contribution in [3.05, 3.63) is 0 Å². The van der Waals surface area contributed by atoms with Crippen LogP contribution in [0.5, 0.6) is 0 Å². The molecule has 0 aliphatic carbocycles. The van der Waals surface area contributed by atoms with Crippen LogP contribution in [-0.4, -0.2) is 29.6 Å². The predicted molar refractivity (Wildman–Crippen MR) is 46.3 cm³/mol. The molecule has 0 rings (SSSR count). The van der Waals surface area contributed by atoms with E-state index in [1.54, 1.807) is 4.90 Å². The molecule has 0 aromatic rings. The Morgan fingerprint density at radius 3 is 2.73 bits per heavy atom. The van der Waals surface area contributed by atoms with Crippen LogP contribution < -0.4 is 0 Å². The topological polar surface area (TPSA) is 44.1 Å². The third-order valence-electron chi connectivity index (χ3n) is 1.36. The van der Waals surface area contributed by atoms with Crippen molar-refractivity contribution >= 4 is 18.5 Å². The van der Waals surface area contributed by atoms with Crippen molar-refractivity contribution in [3.8, 4) is 6.07 Å². The minimum Gasteiger partial charge on any atom is -0.341 e. The lowest BCUT2D eigenvalue weighted by atomic mass is 10.4. The number of carbonyl (C=O) groups excluding carboxylic acids is 1. The third-order valence-corrected chi connectivity index (χ3v) is 1.63. The van der Waals surface area contributed by atoms with Crippen molar-refractivity contribution in [2.75, 3.05) is 18.8 Å². The van der Waals surface area contributed by atoms with Gasteiger partial charge in [-0.25, -0.2) is 0 Å². The van der Waals surface area contributed by atoms with Gasteiger partial charge >= 0.3 is 0 Å². The summed E-state index contributed by atoms with van der Waals surface area (Å²) in [6.45, 7) is 3.06. The molecule has 0 unspecified atom stereocenters. The van der Waals surface area contributed by atoms with Gasteiger partial charge in [-0.2, -0.15) is 17.9 Å². The summed E-state index contributed by atoms with van der Waals surface area (Å²) in [5, 5.41) is 8.26. The van der Waals surface area contributed by atoms with Gasteiger partial charge in [0.15, 0.2) is 0 Å². The van der Waals surface area contributed by atoms with E-state index in [1.807, 2.05) is 13.0 Å². The molecule has 0 aromatic carbocycles. The van der Waals surface area contributed by atoms with E-state index in [1.165, 1.54) is 0 Å². The van der Waals surface area contributed by atoms with Gasteiger partial charge in [-0.05, 0) is 6.92 Å². The first-order valence-corrected chi connectivity index (χ1v) is 4.15. The highest BCUT2D eigenvalue weighted by Crippen LogP contribution is 1.93. The lowest BCUT2D eigenvalue weighted by Crippen LogP contribution is -2.32. The van der Waals surface area contributed by atoms with Crippen LogP contribution in [0.3, 0.4) is 0 Å². The second-order valence-corrected chi connectivity index (χ2v) is 2.36. The van der Waals surface area contributed by atoms with Crippen molar-refractivity contribution in [2.45, 2.75) is 13.3 Å². The minimum atomic E-state index is -0.00826. The predicted octanol–water partition coefficient (Wildman–Crippen LogP) is 0.678. The van der Waals surface area contributed by atoms with Crippen molar-refractivity contribution in [3.63, 3.8) is 0 Å². The van der Waals surface area contributed by atoms with Gasteiger partial charge in [-0.15, -0.1) is 0 Å². The average molecular weight is 172 g/mol. The molecule has 11 heavy (non-hydrogen) atoms. The molecule has 0 heterocycles. The summed E-state index contributed by atoms with van der Waals surface area (Å²) in [7, 11) is 0. The lowest BCUT2D eigenvalue weighted by molar-refractivity contribution is -0.128. The van der Waals surface area contributed by atoms with Crippen LogP contribution in [0, 0.1) is 11.3 Å². The van der Waals surface area contributed by atoms with Gasteiger partial charge in [0.1, 0.15) is 0 Å². The van der Waals surface area contributed by atoms with E-state index in [9.17, 15) is 4.79 Å². The Balaban J connectivity index is 3.77. The number of nitrogens with zero attached hydrogens (tertiary/aromatic N) is 2.